The molecule has 0 heterocycles. The Hall–Kier alpha value is -0.590. The van der Waals surface area contributed by atoms with Gasteiger partial charge >= 0.3 is 0 Å². The minimum atomic E-state index is 0.333. The van der Waals surface area contributed by atoms with E-state index in [1.807, 2.05) is 20.9 Å². The Kier molecular flexibility index (Phi) is 11.9. The average Bonchev–Trinajstić information content (AvgIpc) is 2.19. The third-order valence-electron chi connectivity index (χ3n) is 2.16. The second-order valence-corrected chi connectivity index (χ2v) is 3.33. The molecule has 14 heavy (non-hydrogen) atoms. The maximum absolute atomic E-state index is 8.59. The largest absolute Gasteiger partial charge is 0.318 e. The fourth-order valence-corrected chi connectivity index (χ4v) is 1.12. The van der Waals surface area contributed by atoms with Crippen LogP contribution in [0.1, 0.15) is 34.1 Å². The molecule has 1 unspecified atom stereocenters. The summed E-state index contributed by atoms with van der Waals surface area (Å²) in [6, 6.07) is 3.04. The van der Waals surface area contributed by atoms with Crippen molar-refractivity contribution in [1.29, 1.82) is 5.26 Å². The molecule has 0 aromatic heterocycles. The van der Waals surface area contributed by atoms with Crippen molar-refractivity contribution in [1.82, 2.24) is 10.2 Å². The molecule has 0 rings (SSSR count). The predicted molar refractivity (Wildman–Crippen MR) is 62.2 cm³/mol. The quantitative estimate of drug-likeness (QED) is 0.734. The van der Waals surface area contributed by atoms with Gasteiger partial charge < -0.3 is 5.32 Å². The van der Waals surface area contributed by atoms with Crippen LogP contribution in [0.2, 0.25) is 0 Å². The molecule has 0 radical (unpaired) electrons. The minimum Gasteiger partial charge on any atom is -0.318 e. The van der Waals surface area contributed by atoms with Crippen molar-refractivity contribution in [3.05, 3.63) is 0 Å². The van der Waals surface area contributed by atoms with Crippen LogP contribution in [0.5, 0.6) is 0 Å². The lowest BCUT2D eigenvalue weighted by Crippen LogP contribution is -2.42. The summed E-state index contributed by atoms with van der Waals surface area (Å²) in [4.78, 5) is 2.22. The second kappa shape index (κ2) is 10.5. The fraction of sp³-hybridized carbons (Fsp3) is 0.909. The minimum absolute atomic E-state index is 0.333. The second-order valence-electron chi connectivity index (χ2n) is 3.33. The highest BCUT2D eigenvalue weighted by Crippen LogP contribution is 2.04. The molecule has 0 aromatic rings. The topological polar surface area (TPSA) is 39.1 Å². The average molecular weight is 199 g/mol. The van der Waals surface area contributed by atoms with Crippen LogP contribution in [-0.2, 0) is 0 Å². The van der Waals surface area contributed by atoms with Crippen LogP contribution in [0.15, 0.2) is 0 Å². The molecular weight excluding hydrogens is 174 g/mol. The van der Waals surface area contributed by atoms with Crippen molar-refractivity contribution in [3.63, 3.8) is 0 Å². The van der Waals surface area contributed by atoms with E-state index in [2.05, 4.69) is 37.2 Å². The first-order valence-electron chi connectivity index (χ1n) is 5.37. The molecule has 0 saturated carbocycles. The Bertz CT molecular complexity index is 149. The van der Waals surface area contributed by atoms with E-state index in [4.69, 9.17) is 5.26 Å². The monoisotopic (exact) mass is 199 g/mol. The smallest absolute Gasteiger partial charge is 0.0638 e. The van der Waals surface area contributed by atoms with Crippen LogP contribution in [0.4, 0.5) is 0 Å². The molecule has 0 fully saturated rings. The van der Waals surface area contributed by atoms with Crippen LogP contribution < -0.4 is 5.32 Å². The summed E-state index contributed by atoms with van der Waals surface area (Å²) < 4.78 is 0. The zero-order valence-electron chi connectivity index (χ0n) is 10.5. The van der Waals surface area contributed by atoms with E-state index in [0.29, 0.717) is 18.5 Å². The van der Waals surface area contributed by atoms with Crippen LogP contribution in [0.3, 0.4) is 0 Å². The summed E-state index contributed by atoms with van der Waals surface area (Å²) in [7, 11) is 3.97. The zero-order valence-corrected chi connectivity index (χ0v) is 10.5. The molecule has 0 spiro atoms. The molecule has 84 valence electrons. The standard InChI is InChI=1S/C9H19N3.C2H6/c1-8(2)12(4)9(5-6-10)7-11-3;1-2/h8-9,11H,5,7H2,1-4H3;1-2H3. The number of nitrogens with one attached hydrogen (secondary N) is 1. The Morgan fingerprint density at radius 3 is 2.14 bits per heavy atom. The molecule has 1 N–H and O–H groups in total. The van der Waals surface area contributed by atoms with Crippen molar-refractivity contribution in [2.45, 2.75) is 46.2 Å². The highest BCUT2D eigenvalue weighted by atomic mass is 15.2. The lowest BCUT2D eigenvalue weighted by atomic mass is 10.1. The first kappa shape index (κ1) is 15.9. The summed E-state index contributed by atoms with van der Waals surface area (Å²) in [6.07, 6.45) is 0.593. The molecule has 0 amide bonds. The SMILES string of the molecule is CC.CNCC(CC#N)N(C)C(C)C. The van der Waals surface area contributed by atoms with Crippen LogP contribution in [0, 0.1) is 11.3 Å². The molecule has 0 aliphatic carbocycles. The van der Waals surface area contributed by atoms with Crippen molar-refractivity contribution >= 4 is 0 Å². The van der Waals surface area contributed by atoms with Gasteiger partial charge in [0.1, 0.15) is 0 Å². The van der Waals surface area contributed by atoms with Gasteiger partial charge in [-0.05, 0) is 27.9 Å². The molecule has 1 atom stereocenters. The zero-order chi connectivity index (χ0) is 11.6. The van der Waals surface area contributed by atoms with E-state index in [1.54, 1.807) is 0 Å². The van der Waals surface area contributed by atoms with E-state index in [9.17, 15) is 0 Å². The van der Waals surface area contributed by atoms with Gasteiger partial charge in [-0.1, -0.05) is 13.8 Å². The number of nitrogens with zero attached hydrogens (tertiary/aromatic N) is 2. The summed E-state index contributed by atoms with van der Waals surface area (Å²) in [5, 5.41) is 11.7. The van der Waals surface area contributed by atoms with Gasteiger partial charge in [-0.3, -0.25) is 4.90 Å². The van der Waals surface area contributed by atoms with E-state index in [0.717, 1.165) is 6.54 Å². The van der Waals surface area contributed by atoms with Crippen molar-refractivity contribution in [2.75, 3.05) is 20.6 Å². The molecule has 0 aliphatic rings. The van der Waals surface area contributed by atoms with Gasteiger partial charge in [-0.15, -0.1) is 0 Å². The Morgan fingerprint density at radius 2 is 1.86 bits per heavy atom. The molecular formula is C11H25N3. The Morgan fingerprint density at radius 1 is 1.36 bits per heavy atom. The highest BCUT2D eigenvalue weighted by Gasteiger charge is 2.15. The summed E-state index contributed by atoms with van der Waals surface area (Å²) in [5.74, 6) is 0. The van der Waals surface area contributed by atoms with Gasteiger partial charge in [0.25, 0.3) is 0 Å². The lowest BCUT2D eigenvalue weighted by molar-refractivity contribution is 0.195. The third kappa shape index (κ3) is 6.88. The van der Waals surface area contributed by atoms with Gasteiger partial charge in [-0.2, -0.15) is 5.26 Å². The molecule has 0 saturated heterocycles. The highest BCUT2D eigenvalue weighted by molar-refractivity contribution is 4.83. The molecule has 0 aliphatic heterocycles. The number of likely N-dealkylation sites (N-methyl/N-ethyl adjacent to an activating group) is 2. The fourth-order valence-electron chi connectivity index (χ4n) is 1.12. The lowest BCUT2D eigenvalue weighted by Gasteiger charge is -2.29. The number of hydrogen-bond donors (Lipinski definition) is 1. The first-order chi connectivity index (χ1) is 6.63. The predicted octanol–water partition coefficient (Wildman–Crippen LogP) is 1.85. The normalized spacial score (nSPS) is 11.9. The summed E-state index contributed by atoms with van der Waals surface area (Å²) in [5.41, 5.74) is 0. The molecule has 0 bridgehead atoms. The van der Waals surface area contributed by atoms with E-state index in [1.165, 1.54) is 0 Å². The van der Waals surface area contributed by atoms with E-state index < -0.39 is 0 Å². The van der Waals surface area contributed by atoms with Gasteiger partial charge in [0.2, 0.25) is 0 Å². The molecule has 3 heteroatoms. The van der Waals surface area contributed by atoms with Gasteiger partial charge in [-0.25, -0.2) is 0 Å². The number of rotatable bonds is 5. The molecule has 3 nitrogen and oxygen atoms in total. The number of hydrogen-bond acceptors (Lipinski definition) is 3. The first-order valence-corrected chi connectivity index (χ1v) is 5.37. The van der Waals surface area contributed by atoms with Crippen LogP contribution in [-0.4, -0.2) is 37.6 Å². The van der Waals surface area contributed by atoms with Gasteiger partial charge in [0.15, 0.2) is 0 Å². The third-order valence-corrected chi connectivity index (χ3v) is 2.16. The van der Waals surface area contributed by atoms with Gasteiger partial charge in [0.05, 0.1) is 12.5 Å². The van der Waals surface area contributed by atoms with Gasteiger partial charge in [0, 0.05) is 18.6 Å². The van der Waals surface area contributed by atoms with Crippen LogP contribution in [0.25, 0.3) is 0 Å². The summed E-state index contributed by atoms with van der Waals surface area (Å²) in [6.45, 7) is 9.16. The van der Waals surface area contributed by atoms with E-state index in [-0.39, 0.29) is 0 Å². The maximum Gasteiger partial charge on any atom is 0.0638 e. The van der Waals surface area contributed by atoms with E-state index >= 15 is 0 Å². The maximum atomic E-state index is 8.59. The summed E-state index contributed by atoms with van der Waals surface area (Å²) >= 11 is 0. The molecule has 0 aromatic carbocycles. The van der Waals surface area contributed by atoms with Crippen molar-refractivity contribution in [3.8, 4) is 6.07 Å². The number of nitriles is 1. The Labute approximate surface area is 89.1 Å². The van der Waals surface area contributed by atoms with Crippen molar-refractivity contribution < 1.29 is 0 Å². The van der Waals surface area contributed by atoms with Crippen LogP contribution >= 0.6 is 0 Å². The van der Waals surface area contributed by atoms with Crippen molar-refractivity contribution in [2.24, 2.45) is 0 Å². The Balaban J connectivity index is 0.